The van der Waals surface area contributed by atoms with Gasteiger partial charge >= 0.3 is 0 Å². The molecule has 4 rings (SSSR count). The molecule has 1 N–H and O–H groups in total. The van der Waals surface area contributed by atoms with Crippen molar-refractivity contribution in [1.29, 1.82) is 0 Å². The number of rotatable bonds is 10. The summed E-state index contributed by atoms with van der Waals surface area (Å²) in [5.74, 6) is -0.528. The van der Waals surface area contributed by atoms with Crippen LogP contribution in [0.1, 0.15) is 51.3 Å². The Kier molecular flexibility index (Phi) is 9.17. The first-order valence-electron chi connectivity index (χ1n) is 13.7. The molecule has 2 aliphatic rings. The number of hydrogen-bond acceptors (Lipinski definition) is 5. The van der Waals surface area contributed by atoms with Crippen molar-refractivity contribution in [3.8, 4) is 10.4 Å². The monoisotopic (exact) mass is 546 g/mol. The van der Waals surface area contributed by atoms with Gasteiger partial charge in [0, 0.05) is 25.2 Å². The van der Waals surface area contributed by atoms with Gasteiger partial charge in [0.25, 0.3) is 5.91 Å². The summed E-state index contributed by atoms with van der Waals surface area (Å²) in [4.78, 5) is 49.4. The minimum atomic E-state index is -0.628. The molecule has 0 spiro atoms. The Morgan fingerprint density at radius 2 is 2.03 bits per heavy atom. The first kappa shape index (κ1) is 28.5. The quantitative estimate of drug-likeness (QED) is 0.453. The highest BCUT2D eigenvalue weighted by Crippen LogP contribution is 2.31. The van der Waals surface area contributed by atoms with Crippen molar-refractivity contribution in [1.82, 2.24) is 20.1 Å². The first-order valence-corrected chi connectivity index (χ1v) is 14.5. The zero-order valence-electron chi connectivity index (χ0n) is 23.3. The Bertz CT molecular complexity index is 1290. The average Bonchev–Trinajstić information content (AvgIpc) is 3.67. The number of hydrogen-bond donors (Lipinski definition) is 1. The zero-order valence-corrected chi connectivity index (χ0v) is 24.1. The Balaban J connectivity index is 1.45. The molecule has 0 saturated carbocycles. The molecule has 3 heterocycles. The largest absolute Gasteiger partial charge is 0.350 e. The number of nitrogens with zero attached hydrogens (tertiary/aromatic N) is 3. The van der Waals surface area contributed by atoms with Gasteiger partial charge in [-0.2, -0.15) is 0 Å². The van der Waals surface area contributed by atoms with Crippen molar-refractivity contribution in [2.45, 2.75) is 65.6 Å². The SMILES string of the molecule is C=CC1=C(/C=C\C)CN(C(C(=O)N2CCCC2C(=O)NCc2ccc(-c3scnc3C)cc2)C(C)CC)C1=O. The number of carbonyl (C=O) groups excluding carboxylic acids is 3. The molecule has 3 unspecified atom stereocenters. The lowest BCUT2D eigenvalue weighted by Crippen LogP contribution is -2.56. The summed E-state index contributed by atoms with van der Waals surface area (Å²) < 4.78 is 0. The third-order valence-corrected chi connectivity index (χ3v) is 8.77. The number of benzene rings is 1. The summed E-state index contributed by atoms with van der Waals surface area (Å²) >= 11 is 1.61. The molecule has 3 amide bonds. The van der Waals surface area contributed by atoms with Crippen molar-refractivity contribution >= 4 is 29.1 Å². The van der Waals surface area contributed by atoms with E-state index in [0.717, 1.165) is 40.1 Å². The molecule has 206 valence electrons. The van der Waals surface area contributed by atoms with E-state index in [1.54, 1.807) is 27.2 Å². The second-order valence-corrected chi connectivity index (χ2v) is 11.1. The number of carbonyl (C=O) groups is 3. The Hall–Kier alpha value is -3.52. The number of nitrogens with one attached hydrogen (secondary N) is 1. The van der Waals surface area contributed by atoms with Crippen LogP contribution in [0.4, 0.5) is 0 Å². The first-order chi connectivity index (χ1) is 18.8. The third kappa shape index (κ3) is 5.91. The van der Waals surface area contributed by atoms with Gasteiger partial charge < -0.3 is 15.1 Å². The molecule has 2 aromatic rings. The van der Waals surface area contributed by atoms with E-state index in [9.17, 15) is 14.4 Å². The highest BCUT2D eigenvalue weighted by Gasteiger charge is 2.44. The predicted molar refractivity (Wildman–Crippen MR) is 156 cm³/mol. The molecule has 39 heavy (non-hydrogen) atoms. The molecular weight excluding hydrogens is 508 g/mol. The van der Waals surface area contributed by atoms with Gasteiger partial charge in [-0.1, -0.05) is 69.3 Å². The van der Waals surface area contributed by atoms with Crippen molar-refractivity contribution in [2.24, 2.45) is 5.92 Å². The molecule has 0 bridgehead atoms. The summed E-state index contributed by atoms with van der Waals surface area (Å²) in [6.45, 7) is 13.0. The summed E-state index contributed by atoms with van der Waals surface area (Å²) in [7, 11) is 0. The van der Waals surface area contributed by atoms with Crippen molar-refractivity contribution in [3.63, 3.8) is 0 Å². The van der Waals surface area contributed by atoms with Crippen LogP contribution < -0.4 is 5.32 Å². The van der Waals surface area contributed by atoms with E-state index < -0.39 is 12.1 Å². The molecule has 8 heteroatoms. The highest BCUT2D eigenvalue weighted by molar-refractivity contribution is 7.13. The maximum absolute atomic E-state index is 14.0. The van der Waals surface area contributed by atoms with Gasteiger partial charge in [-0.3, -0.25) is 14.4 Å². The normalized spacial score (nSPS) is 19.2. The lowest BCUT2D eigenvalue weighted by atomic mass is 9.95. The smallest absolute Gasteiger partial charge is 0.255 e. The minimum absolute atomic E-state index is 0.0533. The summed E-state index contributed by atoms with van der Waals surface area (Å²) in [6.07, 6.45) is 7.49. The standard InChI is InChI=1S/C31H38N4O3S/c1-6-10-24-18-35(30(37)25(24)8-3)27(20(4)7-2)31(38)34-16-9-11-26(34)29(36)32-17-22-12-14-23(15-13-22)28-21(5)33-19-39-28/h6,8,10,12-15,19-20,26-27H,3,7,9,11,16-18H2,1-2,4-5H3,(H,32,36)/b10-6-. The topological polar surface area (TPSA) is 82.6 Å². The zero-order chi connectivity index (χ0) is 28.1. The van der Waals surface area contributed by atoms with Gasteiger partial charge in [0.05, 0.1) is 16.1 Å². The molecule has 0 radical (unpaired) electrons. The maximum atomic E-state index is 14.0. The van der Waals surface area contributed by atoms with Gasteiger partial charge in [-0.05, 0) is 49.3 Å². The van der Waals surface area contributed by atoms with Crippen LogP contribution in [0.5, 0.6) is 0 Å². The van der Waals surface area contributed by atoms with E-state index >= 15 is 0 Å². The van der Waals surface area contributed by atoms with Crippen LogP contribution in [0, 0.1) is 12.8 Å². The summed E-state index contributed by atoms with van der Waals surface area (Å²) in [5, 5.41) is 3.04. The second kappa shape index (κ2) is 12.6. The van der Waals surface area contributed by atoms with Crippen molar-refractivity contribution in [3.05, 3.63) is 77.0 Å². The number of amides is 3. The molecule has 7 nitrogen and oxygen atoms in total. The minimum Gasteiger partial charge on any atom is -0.350 e. The van der Waals surface area contributed by atoms with Crippen LogP contribution in [0.3, 0.4) is 0 Å². The Morgan fingerprint density at radius 1 is 1.28 bits per heavy atom. The van der Waals surface area contributed by atoms with Crippen LogP contribution in [-0.2, 0) is 20.9 Å². The fourth-order valence-electron chi connectivity index (χ4n) is 5.46. The third-order valence-electron chi connectivity index (χ3n) is 7.79. The number of thiazole rings is 1. The molecule has 2 aliphatic heterocycles. The molecule has 0 aliphatic carbocycles. The van der Waals surface area contributed by atoms with Crippen LogP contribution in [0.25, 0.3) is 10.4 Å². The van der Waals surface area contributed by atoms with Crippen LogP contribution >= 0.6 is 11.3 Å². The number of aromatic nitrogens is 1. The van der Waals surface area contributed by atoms with E-state index in [-0.39, 0.29) is 23.6 Å². The van der Waals surface area contributed by atoms with Gasteiger partial charge in [0.1, 0.15) is 12.1 Å². The van der Waals surface area contributed by atoms with Gasteiger partial charge in [-0.15, -0.1) is 11.3 Å². The summed E-state index contributed by atoms with van der Waals surface area (Å²) in [6, 6.07) is 6.95. The van der Waals surface area contributed by atoms with E-state index in [2.05, 4.69) is 16.9 Å². The number of likely N-dealkylation sites (tertiary alicyclic amines) is 1. The van der Waals surface area contributed by atoms with Crippen molar-refractivity contribution < 1.29 is 14.4 Å². The molecular formula is C31H38N4O3S. The van der Waals surface area contributed by atoms with E-state index in [1.165, 1.54) is 0 Å². The van der Waals surface area contributed by atoms with Crippen molar-refractivity contribution in [2.75, 3.05) is 13.1 Å². The predicted octanol–water partition coefficient (Wildman–Crippen LogP) is 5.04. The molecule has 1 aromatic heterocycles. The van der Waals surface area contributed by atoms with Crippen LogP contribution in [0.15, 0.2) is 65.7 Å². The fourth-order valence-corrected chi connectivity index (χ4v) is 6.27. The van der Waals surface area contributed by atoms with Gasteiger partial charge in [0.2, 0.25) is 11.8 Å². The lowest BCUT2D eigenvalue weighted by Gasteiger charge is -2.36. The van der Waals surface area contributed by atoms with E-state index in [0.29, 0.717) is 31.6 Å². The Morgan fingerprint density at radius 3 is 2.64 bits per heavy atom. The molecule has 1 saturated heterocycles. The van der Waals surface area contributed by atoms with Gasteiger partial charge in [-0.25, -0.2) is 4.98 Å². The van der Waals surface area contributed by atoms with Gasteiger partial charge in [0.15, 0.2) is 0 Å². The molecule has 1 fully saturated rings. The fraction of sp³-hybridized carbons (Fsp3) is 0.419. The summed E-state index contributed by atoms with van der Waals surface area (Å²) in [5.41, 5.74) is 6.36. The molecule has 3 atom stereocenters. The average molecular weight is 547 g/mol. The molecule has 1 aromatic carbocycles. The highest BCUT2D eigenvalue weighted by atomic mass is 32.1. The lowest BCUT2D eigenvalue weighted by molar-refractivity contribution is -0.148. The number of allylic oxidation sites excluding steroid dienone is 1. The Labute approximate surface area is 235 Å². The van der Waals surface area contributed by atoms with E-state index in [4.69, 9.17) is 0 Å². The number of aryl methyl sites for hydroxylation is 1. The van der Waals surface area contributed by atoms with Crippen LogP contribution in [0.2, 0.25) is 0 Å². The maximum Gasteiger partial charge on any atom is 0.255 e. The van der Waals surface area contributed by atoms with Crippen LogP contribution in [-0.4, -0.2) is 57.7 Å². The van der Waals surface area contributed by atoms with E-state index in [1.807, 2.05) is 69.6 Å². The second-order valence-electron chi connectivity index (χ2n) is 10.3.